The first-order chi connectivity index (χ1) is 4.19. The Hall–Kier alpha value is -0.270. The minimum absolute atomic E-state index is 4.70. The summed E-state index contributed by atoms with van der Waals surface area (Å²) in [7, 11) is 0. The van der Waals surface area contributed by atoms with Crippen LogP contribution in [0.5, 0.6) is 0 Å². The Balaban J connectivity index is 4.57. The molecular formula is C2F6OS. The molecule has 62 valence electrons. The molecule has 0 aliphatic carbocycles. The van der Waals surface area contributed by atoms with Gasteiger partial charge in [-0.15, -0.1) is 3.89 Å². The molecule has 0 aromatic rings. The van der Waals surface area contributed by atoms with Crippen molar-refractivity contribution in [2.45, 2.75) is 11.4 Å². The summed E-state index contributed by atoms with van der Waals surface area (Å²) in [6.45, 7) is 0. The first kappa shape index (κ1) is 9.73. The molecule has 1 nitrogen and oxygen atoms in total. The number of hydrogen-bond donors (Lipinski definition) is 0. The summed E-state index contributed by atoms with van der Waals surface area (Å²) in [4.78, 5) is 0. The van der Waals surface area contributed by atoms with Gasteiger partial charge in [-0.3, -0.25) is 0 Å². The van der Waals surface area contributed by atoms with Crippen molar-refractivity contribution >= 4 is 11.2 Å². The Kier molecular flexibility index (Phi) is 2.34. The Morgan fingerprint density at radius 1 is 1.00 bits per heavy atom. The van der Waals surface area contributed by atoms with Crippen LogP contribution in [0.4, 0.5) is 25.8 Å². The average molecular weight is 186 g/mol. The maximum absolute atomic E-state index is 11.3. The monoisotopic (exact) mass is 186 g/mol. The van der Waals surface area contributed by atoms with Crippen molar-refractivity contribution < 1.29 is 30.0 Å². The highest BCUT2D eigenvalue weighted by Gasteiger charge is 2.63. The number of alkyl halides is 5. The Bertz CT molecular complexity index is 148. The molecule has 0 bridgehead atoms. The van der Waals surface area contributed by atoms with E-state index in [0.29, 0.717) is 0 Å². The maximum atomic E-state index is 11.3. The lowest BCUT2D eigenvalue weighted by Crippen LogP contribution is -2.38. The van der Waals surface area contributed by atoms with E-state index < -0.39 is 22.6 Å². The number of hydrogen-bond acceptors (Lipinski definition) is 1. The summed E-state index contributed by atoms with van der Waals surface area (Å²) in [6, 6.07) is 0. The largest absolute Gasteiger partial charge is 0.469 e. The number of halogens is 6. The fourth-order valence-corrected chi connectivity index (χ4v) is 0.273. The van der Waals surface area contributed by atoms with Gasteiger partial charge in [0.15, 0.2) is 0 Å². The first-order valence-corrected chi connectivity index (χ1v) is 2.77. The second-order valence-electron chi connectivity index (χ2n) is 1.24. The minimum atomic E-state index is -6.09. The summed E-state index contributed by atoms with van der Waals surface area (Å²) in [5.74, 6) is 0. The minimum Gasteiger partial charge on any atom is -0.218 e. The third-order valence-electron chi connectivity index (χ3n) is 0.532. The zero-order valence-electron chi connectivity index (χ0n) is 4.08. The molecule has 0 amide bonds. The molecule has 0 aliphatic rings. The molecule has 0 rings (SSSR count). The lowest BCUT2D eigenvalue weighted by Gasteiger charge is -2.13. The van der Waals surface area contributed by atoms with E-state index in [1.54, 1.807) is 0 Å². The van der Waals surface area contributed by atoms with Crippen LogP contribution in [0.25, 0.3) is 0 Å². The molecule has 8 heteroatoms. The molecule has 0 heterocycles. The van der Waals surface area contributed by atoms with E-state index in [1.807, 2.05) is 0 Å². The van der Waals surface area contributed by atoms with E-state index in [-0.39, 0.29) is 0 Å². The molecule has 1 unspecified atom stereocenters. The molecular weight excluding hydrogens is 186 g/mol. The number of rotatable bonds is 1. The van der Waals surface area contributed by atoms with Crippen molar-refractivity contribution in [1.82, 2.24) is 0 Å². The van der Waals surface area contributed by atoms with E-state index in [1.165, 1.54) is 0 Å². The third-order valence-corrected chi connectivity index (χ3v) is 1.17. The normalized spacial score (nSPS) is 17.0. The van der Waals surface area contributed by atoms with Crippen LogP contribution in [0, 0.1) is 0 Å². The van der Waals surface area contributed by atoms with Gasteiger partial charge in [-0.05, 0) is 0 Å². The van der Waals surface area contributed by atoms with E-state index >= 15 is 0 Å². The summed E-state index contributed by atoms with van der Waals surface area (Å²) in [5, 5.41) is -5.76. The molecule has 0 aromatic carbocycles. The standard InChI is InChI=1S/C2F6OS/c3-1(4,5)2(6,7)10(8)9. The molecule has 0 fully saturated rings. The highest BCUT2D eigenvalue weighted by molar-refractivity contribution is 7.81. The second-order valence-corrected chi connectivity index (χ2v) is 2.20. The van der Waals surface area contributed by atoms with Crippen LogP contribution in [0.1, 0.15) is 0 Å². The predicted molar refractivity (Wildman–Crippen MR) is 20.3 cm³/mol. The summed E-state index contributed by atoms with van der Waals surface area (Å²) in [6.07, 6.45) is -6.09. The van der Waals surface area contributed by atoms with Gasteiger partial charge in [0.2, 0.25) is 0 Å². The highest BCUT2D eigenvalue weighted by Crippen LogP contribution is 2.38. The van der Waals surface area contributed by atoms with Gasteiger partial charge in [0, 0.05) is 0 Å². The average Bonchev–Trinajstić information content (AvgIpc) is 1.62. The third kappa shape index (κ3) is 1.61. The summed E-state index contributed by atoms with van der Waals surface area (Å²) in [5.41, 5.74) is 0. The van der Waals surface area contributed by atoms with Crippen LogP contribution < -0.4 is 0 Å². The van der Waals surface area contributed by atoms with Crippen LogP contribution in [0.2, 0.25) is 0 Å². The highest BCUT2D eigenvalue weighted by atomic mass is 32.2. The van der Waals surface area contributed by atoms with E-state index in [9.17, 15) is 25.8 Å². The molecule has 0 N–H and O–H groups in total. The van der Waals surface area contributed by atoms with Gasteiger partial charge >= 0.3 is 11.4 Å². The van der Waals surface area contributed by atoms with Crippen LogP contribution in [-0.2, 0) is 11.2 Å². The second kappa shape index (κ2) is 2.40. The predicted octanol–water partition coefficient (Wildman–Crippen LogP) is 1.77. The van der Waals surface area contributed by atoms with Crippen molar-refractivity contribution in [2.24, 2.45) is 0 Å². The molecule has 0 radical (unpaired) electrons. The Labute approximate surface area is 53.8 Å². The molecule has 1 atom stereocenters. The topological polar surface area (TPSA) is 17.1 Å². The fourth-order valence-electron chi connectivity index (χ4n) is 0.0910. The molecule has 0 saturated carbocycles. The lowest BCUT2D eigenvalue weighted by molar-refractivity contribution is -0.240. The molecule has 10 heavy (non-hydrogen) atoms. The van der Waals surface area contributed by atoms with Gasteiger partial charge in [-0.2, -0.15) is 22.0 Å². The fraction of sp³-hybridized carbons (Fsp3) is 1.00. The van der Waals surface area contributed by atoms with Crippen LogP contribution >= 0.6 is 0 Å². The van der Waals surface area contributed by atoms with Crippen molar-refractivity contribution in [1.29, 1.82) is 0 Å². The van der Waals surface area contributed by atoms with Gasteiger partial charge in [-0.25, -0.2) is 4.21 Å². The Morgan fingerprint density at radius 3 is 1.30 bits per heavy atom. The van der Waals surface area contributed by atoms with Crippen LogP contribution in [0.3, 0.4) is 0 Å². The molecule has 0 saturated heterocycles. The van der Waals surface area contributed by atoms with Crippen molar-refractivity contribution in [3.05, 3.63) is 0 Å². The quantitative estimate of drug-likeness (QED) is 0.450. The Morgan fingerprint density at radius 2 is 1.30 bits per heavy atom. The lowest BCUT2D eigenvalue weighted by atomic mass is 10.7. The molecule has 0 aliphatic heterocycles. The summed E-state index contributed by atoms with van der Waals surface area (Å²) < 4.78 is 75.3. The van der Waals surface area contributed by atoms with Gasteiger partial charge in [-0.1, -0.05) is 0 Å². The van der Waals surface area contributed by atoms with Gasteiger partial charge in [0.25, 0.3) is 11.2 Å². The first-order valence-electron chi connectivity index (χ1n) is 1.72. The molecule has 0 spiro atoms. The SMILES string of the molecule is O=S(F)C(F)(F)C(F)(F)F. The van der Waals surface area contributed by atoms with Crippen molar-refractivity contribution in [3.8, 4) is 0 Å². The maximum Gasteiger partial charge on any atom is 0.469 e. The van der Waals surface area contributed by atoms with Gasteiger partial charge < -0.3 is 0 Å². The van der Waals surface area contributed by atoms with Gasteiger partial charge in [0.05, 0.1) is 0 Å². The van der Waals surface area contributed by atoms with Crippen LogP contribution in [-0.4, -0.2) is 15.6 Å². The smallest absolute Gasteiger partial charge is 0.218 e. The van der Waals surface area contributed by atoms with E-state index in [4.69, 9.17) is 4.21 Å². The molecule has 0 aromatic heterocycles. The van der Waals surface area contributed by atoms with Crippen molar-refractivity contribution in [2.75, 3.05) is 0 Å². The van der Waals surface area contributed by atoms with Crippen LogP contribution in [0.15, 0.2) is 0 Å². The zero-order chi connectivity index (χ0) is 8.58. The summed E-state index contributed by atoms with van der Waals surface area (Å²) >= 11 is -4.70. The zero-order valence-corrected chi connectivity index (χ0v) is 4.90. The van der Waals surface area contributed by atoms with Crippen molar-refractivity contribution in [3.63, 3.8) is 0 Å². The van der Waals surface area contributed by atoms with E-state index in [2.05, 4.69) is 0 Å². The van der Waals surface area contributed by atoms with E-state index in [0.717, 1.165) is 0 Å². The van der Waals surface area contributed by atoms with Gasteiger partial charge in [0.1, 0.15) is 0 Å².